The molecule has 2 amide bonds. The minimum Gasteiger partial charge on any atom is -0.390 e. The van der Waals surface area contributed by atoms with Crippen LogP contribution in [0.25, 0.3) is 0 Å². The van der Waals surface area contributed by atoms with Crippen molar-refractivity contribution in [3.05, 3.63) is 70.8 Å². The number of carbonyl (C=O) groups excluding carboxylic acids is 2. The fourth-order valence-electron chi connectivity index (χ4n) is 4.50. The lowest BCUT2D eigenvalue weighted by Gasteiger charge is -2.40. The van der Waals surface area contributed by atoms with E-state index in [1.165, 1.54) is 19.1 Å². The fourth-order valence-corrected chi connectivity index (χ4v) is 4.50. The molecule has 0 spiro atoms. The highest BCUT2D eigenvalue weighted by atomic mass is 19.1. The Morgan fingerprint density at radius 1 is 1.18 bits per heavy atom. The van der Waals surface area contributed by atoms with Gasteiger partial charge in [-0.2, -0.15) is 0 Å². The average molecular weight is 474 g/mol. The Hall–Kier alpha value is -2.84. The van der Waals surface area contributed by atoms with E-state index in [1.54, 1.807) is 0 Å². The summed E-state index contributed by atoms with van der Waals surface area (Å²) >= 11 is 0. The number of aliphatic hydroxyl groups is 1. The molecule has 0 bridgehead atoms. The van der Waals surface area contributed by atoms with Gasteiger partial charge in [-0.05, 0) is 47.6 Å². The fraction of sp³-hybridized carbons (Fsp3) is 0.462. The zero-order valence-corrected chi connectivity index (χ0v) is 19.8. The van der Waals surface area contributed by atoms with Gasteiger partial charge in [0, 0.05) is 32.5 Å². The molecule has 1 fully saturated rings. The number of carbonyl (C=O) groups is 2. The van der Waals surface area contributed by atoms with E-state index >= 15 is 0 Å². The lowest BCUT2D eigenvalue weighted by atomic mass is 9.79. The van der Waals surface area contributed by atoms with Crippen molar-refractivity contribution in [1.29, 1.82) is 0 Å². The highest BCUT2D eigenvalue weighted by Crippen LogP contribution is 2.33. The second-order valence-corrected chi connectivity index (χ2v) is 9.38. The van der Waals surface area contributed by atoms with Gasteiger partial charge in [0.25, 0.3) is 0 Å². The lowest BCUT2D eigenvalue weighted by Crippen LogP contribution is -2.56. The van der Waals surface area contributed by atoms with Gasteiger partial charge in [-0.25, -0.2) is 8.78 Å². The van der Waals surface area contributed by atoms with Gasteiger partial charge in [0.05, 0.1) is 17.7 Å². The topological polar surface area (TPSA) is 90.5 Å². The van der Waals surface area contributed by atoms with E-state index < -0.39 is 29.3 Å². The number of nitrogens with one attached hydrogen (secondary N) is 3. The van der Waals surface area contributed by atoms with E-state index in [-0.39, 0.29) is 31.2 Å². The zero-order chi connectivity index (χ0) is 24.9. The number of amides is 2. The molecule has 1 heterocycles. The predicted octanol–water partition coefficient (Wildman–Crippen LogP) is 2.89. The quantitative estimate of drug-likeness (QED) is 0.451. The Bertz CT molecular complexity index is 1010. The van der Waals surface area contributed by atoms with Gasteiger partial charge in [-0.15, -0.1) is 0 Å². The molecule has 34 heavy (non-hydrogen) atoms. The van der Waals surface area contributed by atoms with Gasteiger partial charge < -0.3 is 21.1 Å². The third-order valence-electron chi connectivity index (χ3n) is 6.32. The normalized spacial score (nSPS) is 20.0. The second kappa shape index (κ2) is 11.1. The van der Waals surface area contributed by atoms with E-state index in [9.17, 15) is 23.5 Å². The van der Waals surface area contributed by atoms with Gasteiger partial charge in [0.2, 0.25) is 11.8 Å². The molecule has 2 aromatic rings. The molecular weight excluding hydrogens is 440 g/mol. The number of rotatable bonds is 9. The Balaban J connectivity index is 1.82. The molecule has 6 nitrogen and oxygen atoms in total. The first-order valence-corrected chi connectivity index (χ1v) is 11.6. The molecule has 184 valence electrons. The van der Waals surface area contributed by atoms with E-state index in [1.807, 2.05) is 18.2 Å². The first-order chi connectivity index (χ1) is 16.1. The molecule has 3 atom stereocenters. The highest BCUT2D eigenvalue weighted by molar-refractivity contribution is 5.78. The summed E-state index contributed by atoms with van der Waals surface area (Å²) in [6.45, 7) is 6.09. The number of piperidine rings is 1. The first-order valence-electron chi connectivity index (χ1n) is 11.6. The Morgan fingerprint density at radius 3 is 2.50 bits per heavy atom. The standard InChI is InChI=1S/C26H33F2N3O3/c1-16(2)19-5-4-6-20(12-19)26(7-8-29-25(34)14-26)30-15-24(33)23(31-17(3)32)11-18-9-21(27)13-22(28)10-18/h4-6,9-10,12-13,16,23-24,30,33H,7-8,11,14-15H2,1-3H3,(H,29,34)(H,31,32)/t23-,24+,26?/m0/s1. The molecule has 1 aliphatic rings. The van der Waals surface area contributed by atoms with Gasteiger partial charge in [-0.3, -0.25) is 9.59 Å². The molecule has 1 unspecified atom stereocenters. The van der Waals surface area contributed by atoms with Gasteiger partial charge in [-0.1, -0.05) is 38.1 Å². The Labute approximate surface area is 199 Å². The summed E-state index contributed by atoms with van der Waals surface area (Å²) in [7, 11) is 0. The summed E-state index contributed by atoms with van der Waals surface area (Å²) in [5.41, 5.74) is 1.75. The smallest absolute Gasteiger partial charge is 0.222 e. The van der Waals surface area contributed by atoms with Crippen LogP contribution >= 0.6 is 0 Å². The van der Waals surface area contributed by atoms with Crippen molar-refractivity contribution in [3.63, 3.8) is 0 Å². The summed E-state index contributed by atoms with van der Waals surface area (Å²) in [4.78, 5) is 24.1. The van der Waals surface area contributed by atoms with Gasteiger partial charge >= 0.3 is 0 Å². The van der Waals surface area contributed by atoms with Crippen LogP contribution in [0.2, 0.25) is 0 Å². The minimum absolute atomic E-state index is 0.0490. The molecule has 1 aliphatic heterocycles. The molecule has 0 aliphatic carbocycles. The van der Waals surface area contributed by atoms with Crippen molar-refractivity contribution >= 4 is 11.8 Å². The van der Waals surface area contributed by atoms with Crippen LogP contribution in [-0.2, 0) is 21.5 Å². The van der Waals surface area contributed by atoms with E-state index in [0.717, 1.165) is 17.2 Å². The summed E-state index contributed by atoms with van der Waals surface area (Å²) in [6, 6.07) is 10.4. The van der Waals surface area contributed by atoms with Crippen LogP contribution in [0, 0.1) is 11.6 Å². The van der Waals surface area contributed by atoms with Crippen LogP contribution in [0.5, 0.6) is 0 Å². The zero-order valence-electron chi connectivity index (χ0n) is 19.8. The molecule has 2 aromatic carbocycles. The van der Waals surface area contributed by atoms with Crippen LogP contribution in [0.3, 0.4) is 0 Å². The van der Waals surface area contributed by atoms with Crippen LogP contribution in [0.4, 0.5) is 8.78 Å². The molecule has 8 heteroatoms. The molecule has 0 aromatic heterocycles. The van der Waals surface area contributed by atoms with Crippen LogP contribution in [0.15, 0.2) is 42.5 Å². The molecule has 4 N–H and O–H groups in total. The lowest BCUT2D eigenvalue weighted by molar-refractivity contribution is -0.124. The number of benzene rings is 2. The second-order valence-electron chi connectivity index (χ2n) is 9.38. The maximum Gasteiger partial charge on any atom is 0.222 e. The molecule has 1 saturated heterocycles. The van der Waals surface area contributed by atoms with Crippen molar-refractivity contribution in [2.75, 3.05) is 13.1 Å². The largest absolute Gasteiger partial charge is 0.390 e. The third-order valence-corrected chi connectivity index (χ3v) is 6.32. The van der Waals surface area contributed by atoms with Crippen molar-refractivity contribution in [1.82, 2.24) is 16.0 Å². The van der Waals surface area contributed by atoms with E-state index in [0.29, 0.717) is 24.4 Å². The summed E-state index contributed by atoms with van der Waals surface area (Å²) in [6.07, 6.45) is -0.174. The molecule has 0 saturated carbocycles. The van der Waals surface area contributed by atoms with Crippen LogP contribution in [0.1, 0.15) is 56.2 Å². The predicted molar refractivity (Wildman–Crippen MR) is 126 cm³/mol. The summed E-state index contributed by atoms with van der Waals surface area (Å²) < 4.78 is 27.3. The van der Waals surface area contributed by atoms with E-state index in [2.05, 4.69) is 35.9 Å². The molecular formula is C26H33F2N3O3. The SMILES string of the molecule is CC(=O)N[C@@H](Cc1cc(F)cc(F)c1)[C@H](O)CNC1(c2cccc(C(C)C)c2)CCNC(=O)C1. The number of halogens is 2. The number of hydrogen-bond acceptors (Lipinski definition) is 4. The Morgan fingerprint density at radius 2 is 1.88 bits per heavy atom. The maximum absolute atomic E-state index is 13.7. The molecule has 0 radical (unpaired) electrons. The average Bonchev–Trinajstić information content (AvgIpc) is 2.76. The number of hydrogen-bond donors (Lipinski definition) is 4. The maximum atomic E-state index is 13.7. The van der Waals surface area contributed by atoms with Crippen molar-refractivity contribution in [2.24, 2.45) is 0 Å². The Kier molecular flexibility index (Phi) is 8.38. The van der Waals surface area contributed by atoms with Crippen molar-refractivity contribution in [3.8, 4) is 0 Å². The minimum atomic E-state index is -1.06. The first kappa shape index (κ1) is 25.8. The monoisotopic (exact) mass is 473 g/mol. The van der Waals surface area contributed by atoms with Gasteiger partial charge in [0.15, 0.2) is 0 Å². The van der Waals surface area contributed by atoms with Crippen molar-refractivity contribution < 1.29 is 23.5 Å². The highest BCUT2D eigenvalue weighted by Gasteiger charge is 2.38. The van der Waals surface area contributed by atoms with Gasteiger partial charge in [0.1, 0.15) is 11.6 Å². The van der Waals surface area contributed by atoms with E-state index in [4.69, 9.17) is 0 Å². The summed E-state index contributed by atoms with van der Waals surface area (Å²) in [5.74, 6) is -1.58. The summed E-state index contributed by atoms with van der Waals surface area (Å²) in [5, 5.41) is 19.9. The number of aliphatic hydroxyl groups excluding tert-OH is 1. The molecule has 3 rings (SSSR count). The van der Waals surface area contributed by atoms with Crippen molar-refractivity contribution in [2.45, 2.75) is 63.6 Å². The van der Waals surface area contributed by atoms with Crippen LogP contribution in [-0.4, -0.2) is 42.2 Å². The third kappa shape index (κ3) is 6.61. The van der Waals surface area contributed by atoms with Crippen LogP contribution < -0.4 is 16.0 Å².